The van der Waals surface area contributed by atoms with Crippen LogP contribution in [0.3, 0.4) is 0 Å². The Kier molecular flexibility index (Phi) is 6.58. The molecule has 0 aromatic heterocycles. The van der Waals surface area contributed by atoms with Crippen LogP contribution in [0.1, 0.15) is 38.9 Å². The third-order valence-electron chi connectivity index (χ3n) is 4.16. The summed E-state index contributed by atoms with van der Waals surface area (Å²) in [6, 6.07) is 4.39. The molecule has 0 bridgehead atoms. The van der Waals surface area contributed by atoms with Crippen LogP contribution < -0.4 is 0 Å². The number of hydrogen-bond acceptors (Lipinski definition) is 5. The molecule has 1 aliphatic heterocycles. The number of aliphatic hydroxyl groups is 1. The van der Waals surface area contributed by atoms with Gasteiger partial charge in [-0.05, 0) is 44.9 Å². The van der Waals surface area contributed by atoms with Gasteiger partial charge in [0.1, 0.15) is 11.6 Å². The van der Waals surface area contributed by atoms with Gasteiger partial charge < -0.3 is 14.6 Å². The number of nitrogens with zero attached hydrogens (tertiary/aromatic N) is 1. The van der Waals surface area contributed by atoms with E-state index in [9.17, 15) is 14.7 Å². The van der Waals surface area contributed by atoms with Crippen molar-refractivity contribution in [3.05, 3.63) is 33.3 Å². The van der Waals surface area contributed by atoms with Crippen molar-refractivity contribution in [1.29, 1.82) is 0 Å². The fourth-order valence-electron chi connectivity index (χ4n) is 2.97. The highest BCUT2D eigenvalue weighted by atomic mass is 79.9. The van der Waals surface area contributed by atoms with E-state index in [0.717, 1.165) is 4.47 Å². The molecule has 3 atom stereocenters. The Morgan fingerprint density at radius 2 is 2.04 bits per heavy atom. The number of amides is 1. The summed E-state index contributed by atoms with van der Waals surface area (Å²) in [6.07, 6.45) is -1.26. The lowest BCUT2D eigenvalue weighted by atomic mass is 9.93. The molecule has 1 heterocycles. The van der Waals surface area contributed by atoms with Gasteiger partial charge in [-0.1, -0.05) is 33.6 Å². The van der Waals surface area contributed by atoms with E-state index >= 15 is 0 Å². The van der Waals surface area contributed by atoms with E-state index < -0.39 is 29.8 Å². The van der Waals surface area contributed by atoms with E-state index in [1.807, 2.05) is 0 Å². The molecular formula is C18H23BrClNO5. The van der Waals surface area contributed by atoms with Crippen LogP contribution in [-0.4, -0.2) is 47.4 Å². The van der Waals surface area contributed by atoms with Crippen LogP contribution in [0.4, 0.5) is 4.79 Å². The summed E-state index contributed by atoms with van der Waals surface area (Å²) in [5, 5.41) is 11.2. The van der Waals surface area contributed by atoms with Gasteiger partial charge in [0.25, 0.3) is 0 Å². The SMILES string of the molecule is COC(=O)[C@@H]1CC(C(O)c2ccc(Br)cc2Cl)CN1C(=O)OC(C)(C)C. The molecule has 1 N–H and O–H groups in total. The molecular weight excluding hydrogens is 426 g/mol. The fourth-order valence-corrected chi connectivity index (χ4v) is 3.76. The molecule has 1 amide bonds. The average molecular weight is 449 g/mol. The van der Waals surface area contributed by atoms with Crippen molar-refractivity contribution in [2.45, 2.75) is 44.9 Å². The van der Waals surface area contributed by atoms with E-state index in [0.29, 0.717) is 10.6 Å². The van der Waals surface area contributed by atoms with Gasteiger partial charge in [-0.3, -0.25) is 4.90 Å². The van der Waals surface area contributed by atoms with E-state index in [2.05, 4.69) is 15.9 Å². The minimum absolute atomic E-state index is 0.169. The Bertz CT molecular complexity index is 691. The van der Waals surface area contributed by atoms with Gasteiger partial charge in [0.15, 0.2) is 0 Å². The predicted molar refractivity (Wildman–Crippen MR) is 101 cm³/mol. The lowest BCUT2D eigenvalue weighted by Crippen LogP contribution is -2.43. The second-order valence-electron chi connectivity index (χ2n) is 7.28. The van der Waals surface area contributed by atoms with Crippen molar-refractivity contribution in [3.63, 3.8) is 0 Å². The Morgan fingerprint density at radius 3 is 2.58 bits per heavy atom. The summed E-state index contributed by atoms with van der Waals surface area (Å²) >= 11 is 9.55. The molecule has 1 aromatic rings. The zero-order valence-corrected chi connectivity index (χ0v) is 17.5. The highest BCUT2D eigenvalue weighted by Gasteiger charge is 2.44. The monoisotopic (exact) mass is 447 g/mol. The molecule has 1 saturated heterocycles. The van der Waals surface area contributed by atoms with Crippen molar-refractivity contribution in [2.24, 2.45) is 5.92 Å². The molecule has 8 heteroatoms. The van der Waals surface area contributed by atoms with Crippen molar-refractivity contribution < 1.29 is 24.2 Å². The van der Waals surface area contributed by atoms with Crippen LogP contribution >= 0.6 is 27.5 Å². The zero-order chi connectivity index (χ0) is 19.6. The lowest BCUT2D eigenvalue weighted by Gasteiger charge is -2.27. The van der Waals surface area contributed by atoms with Crippen LogP contribution in [0.5, 0.6) is 0 Å². The fraction of sp³-hybridized carbons (Fsp3) is 0.556. The molecule has 6 nitrogen and oxygen atoms in total. The van der Waals surface area contributed by atoms with Crippen LogP contribution in [-0.2, 0) is 14.3 Å². The van der Waals surface area contributed by atoms with Gasteiger partial charge in [0, 0.05) is 22.0 Å². The van der Waals surface area contributed by atoms with E-state index in [1.54, 1.807) is 39.0 Å². The van der Waals surface area contributed by atoms with Crippen molar-refractivity contribution >= 4 is 39.6 Å². The molecule has 1 fully saturated rings. The maximum atomic E-state index is 12.5. The zero-order valence-electron chi connectivity index (χ0n) is 15.2. The van der Waals surface area contributed by atoms with Crippen molar-refractivity contribution in [1.82, 2.24) is 4.90 Å². The van der Waals surface area contributed by atoms with E-state index in [4.69, 9.17) is 21.1 Å². The number of likely N-dealkylation sites (tertiary alicyclic amines) is 1. The minimum Gasteiger partial charge on any atom is -0.467 e. The number of aliphatic hydroxyl groups excluding tert-OH is 1. The summed E-state index contributed by atoms with van der Waals surface area (Å²) in [4.78, 5) is 25.9. The largest absolute Gasteiger partial charge is 0.467 e. The third-order valence-corrected chi connectivity index (χ3v) is 4.98. The number of benzene rings is 1. The number of methoxy groups -OCH3 is 1. The number of hydrogen-bond donors (Lipinski definition) is 1. The second kappa shape index (κ2) is 8.15. The molecule has 144 valence electrons. The van der Waals surface area contributed by atoms with E-state index in [1.165, 1.54) is 12.0 Å². The number of ether oxygens (including phenoxy) is 2. The number of carbonyl (C=O) groups excluding carboxylic acids is 2. The lowest BCUT2D eigenvalue weighted by molar-refractivity contribution is -0.145. The first-order chi connectivity index (χ1) is 12.0. The molecule has 0 aliphatic carbocycles. The molecule has 0 radical (unpaired) electrons. The van der Waals surface area contributed by atoms with Crippen molar-refractivity contribution in [3.8, 4) is 0 Å². The minimum atomic E-state index is -0.921. The third kappa shape index (κ3) is 4.90. The van der Waals surface area contributed by atoms with Gasteiger partial charge in [-0.25, -0.2) is 9.59 Å². The maximum absolute atomic E-state index is 12.5. The van der Waals surface area contributed by atoms with Gasteiger partial charge >= 0.3 is 12.1 Å². The number of halogens is 2. The average Bonchev–Trinajstić information content (AvgIpc) is 2.97. The topological polar surface area (TPSA) is 76.1 Å². The molecule has 1 aliphatic rings. The number of esters is 1. The summed E-state index contributed by atoms with van der Waals surface area (Å²) in [6.45, 7) is 5.42. The van der Waals surface area contributed by atoms with Gasteiger partial charge in [0.05, 0.1) is 13.2 Å². The first-order valence-corrected chi connectivity index (χ1v) is 9.41. The second-order valence-corrected chi connectivity index (χ2v) is 8.60. The molecule has 2 rings (SSSR count). The molecule has 0 saturated carbocycles. The molecule has 26 heavy (non-hydrogen) atoms. The van der Waals surface area contributed by atoms with Crippen molar-refractivity contribution in [2.75, 3.05) is 13.7 Å². The quantitative estimate of drug-likeness (QED) is 0.709. The summed E-state index contributed by atoms with van der Waals surface area (Å²) in [5.41, 5.74) is -0.141. The standard InChI is InChI=1S/C18H23BrClNO5/c1-18(2,3)26-17(24)21-9-10(7-14(21)16(23)25-4)15(22)12-6-5-11(19)8-13(12)20/h5-6,8,10,14-15,22H,7,9H2,1-4H3/t10?,14-,15?/m0/s1. The molecule has 2 unspecified atom stereocenters. The van der Waals surface area contributed by atoms with Crippen LogP contribution in [0.25, 0.3) is 0 Å². The maximum Gasteiger partial charge on any atom is 0.411 e. The Morgan fingerprint density at radius 1 is 1.38 bits per heavy atom. The Balaban J connectivity index is 2.23. The van der Waals surface area contributed by atoms with Crippen LogP contribution in [0.15, 0.2) is 22.7 Å². The smallest absolute Gasteiger partial charge is 0.411 e. The summed E-state index contributed by atoms with van der Waals surface area (Å²) in [7, 11) is 1.27. The van der Waals surface area contributed by atoms with Gasteiger partial charge in [-0.15, -0.1) is 0 Å². The van der Waals surface area contributed by atoms with Gasteiger partial charge in [-0.2, -0.15) is 0 Å². The number of carbonyl (C=O) groups is 2. The first-order valence-electron chi connectivity index (χ1n) is 8.24. The number of rotatable bonds is 3. The normalized spacial score (nSPS) is 21.4. The Labute approximate surface area is 166 Å². The van der Waals surface area contributed by atoms with Crippen LogP contribution in [0, 0.1) is 5.92 Å². The summed E-state index contributed by atoms with van der Waals surface area (Å²) in [5.74, 6) is -0.905. The highest BCUT2D eigenvalue weighted by Crippen LogP contribution is 2.38. The molecule has 0 spiro atoms. The Hall–Kier alpha value is -1.31. The summed E-state index contributed by atoms with van der Waals surface area (Å²) < 4.78 is 11.0. The molecule has 1 aromatic carbocycles. The first kappa shape index (κ1) is 21.0. The predicted octanol–water partition coefficient (Wildman–Crippen LogP) is 3.93. The van der Waals surface area contributed by atoms with E-state index in [-0.39, 0.29) is 18.9 Å². The van der Waals surface area contributed by atoms with Crippen LogP contribution in [0.2, 0.25) is 5.02 Å². The van der Waals surface area contributed by atoms with Gasteiger partial charge in [0.2, 0.25) is 0 Å². The highest BCUT2D eigenvalue weighted by molar-refractivity contribution is 9.10.